The number of hydrogen-bond donors (Lipinski definition) is 2. The molecule has 1 aromatic rings. The van der Waals surface area contributed by atoms with E-state index in [0.717, 1.165) is 24.8 Å². The Hall–Kier alpha value is -1.88. The SMILES string of the molecule is CN(CC(=O)NC1CC1)C(=O)c1ccc(CCN)cc1. The number of likely N-dealkylation sites (N-methyl/N-ethyl adjacent to an activating group) is 1. The van der Waals surface area contributed by atoms with Gasteiger partial charge in [0.15, 0.2) is 0 Å². The van der Waals surface area contributed by atoms with Crippen molar-refractivity contribution in [3.63, 3.8) is 0 Å². The lowest BCUT2D eigenvalue weighted by Crippen LogP contribution is -2.39. The Labute approximate surface area is 119 Å². The maximum Gasteiger partial charge on any atom is 0.254 e. The van der Waals surface area contributed by atoms with Gasteiger partial charge < -0.3 is 16.0 Å². The fourth-order valence-corrected chi connectivity index (χ4v) is 1.99. The average molecular weight is 275 g/mol. The molecular formula is C15H21N3O2. The predicted octanol–water partition coefficient (Wildman–Crippen LogP) is 0.538. The van der Waals surface area contributed by atoms with Gasteiger partial charge in [-0.2, -0.15) is 0 Å². The minimum Gasteiger partial charge on any atom is -0.352 e. The van der Waals surface area contributed by atoms with Crippen molar-refractivity contribution in [2.75, 3.05) is 20.1 Å². The zero-order chi connectivity index (χ0) is 14.5. The van der Waals surface area contributed by atoms with E-state index in [9.17, 15) is 9.59 Å². The number of carbonyl (C=O) groups is 2. The molecule has 0 bridgehead atoms. The smallest absolute Gasteiger partial charge is 0.254 e. The molecule has 1 fully saturated rings. The van der Waals surface area contributed by atoms with Gasteiger partial charge in [0.2, 0.25) is 5.91 Å². The molecule has 1 aromatic carbocycles. The molecule has 1 saturated carbocycles. The lowest BCUT2D eigenvalue weighted by molar-refractivity contribution is -0.121. The van der Waals surface area contributed by atoms with Gasteiger partial charge in [-0.15, -0.1) is 0 Å². The molecule has 0 atom stereocenters. The molecule has 108 valence electrons. The largest absolute Gasteiger partial charge is 0.352 e. The Balaban J connectivity index is 1.89. The second kappa shape index (κ2) is 6.52. The van der Waals surface area contributed by atoms with Crippen LogP contribution in [0.4, 0.5) is 0 Å². The van der Waals surface area contributed by atoms with Crippen LogP contribution < -0.4 is 11.1 Å². The summed E-state index contributed by atoms with van der Waals surface area (Å²) in [6.07, 6.45) is 2.89. The molecule has 0 aliphatic heterocycles. The molecule has 0 heterocycles. The Morgan fingerprint density at radius 1 is 1.30 bits per heavy atom. The molecule has 20 heavy (non-hydrogen) atoms. The topological polar surface area (TPSA) is 75.4 Å². The summed E-state index contributed by atoms with van der Waals surface area (Å²) in [6, 6.07) is 7.68. The molecule has 0 saturated heterocycles. The minimum atomic E-state index is -0.143. The monoisotopic (exact) mass is 275 g/mol. The molecule has 0 radical (unpaired) electrons. The first-order valence-corrected chi connectivity index (χ1v) is 6.94. The van der Waals surface area contributed by atoms with Crippen LogP contribution in [0, 0.1) is 0 Å². The summed E-state index contributed by atoms with van der Waals surface area (Å²) in [4.78, 5) is 25.3. The zero-order valence-corrected chi connectivity index (χ0v) is 11.8. The van der Waals surface area contributed by atoms with Crippen LogP contribution in [0.15, 0.2) is 24.3 Å². The fourth-order valence-electron chi connectivity index (χ4n) is 1.99. The molecule has 2 amide bonds. The molecule has 2 rings (SSSR count). The highest BCUT2D eigenvalue weighted by molar-refractivity contribution is 5.96. The van der Waals surface area contributed by atoms with Gasteiger partial charge in [0.1, 0.15) is 0 Å². The summed E-state index contributed by atoms with van der Waals surface area (Å²) in [6.45, 7) is 0.689. The molecule has 1 aliphatic carbocycles. The number of hydrogen-bond acceptors (Lipinski definition) is 3. The van der Waals surface area contributed by atoms with Gasteiger partial charge in [0.05, 0.1) is 6.54 Å². The van der Waals surface area contributed by atoms with Crippen molar-refractivity contribution in [2.24, 2.45) is 5.73 Å². The highest BCUT2D eigenvalue weighted by Gasteiger charge is 2.24. The highest BCUT2D eigenvalue weighted by atomic mass is 16.2. The van der Waals surface area contributed by atoms with E-state index in [0.29, 0.717) is 18.2 Å². The summed E-state index contributed by atoms with van der Waals surface area (Å²) in [5, 5.41) is 2.87. The lowest BCUT2D eigenvalue weighted by atomic mass is 10.1. The quantitative estimate of drug-likeness (QED) is 0.795. The molecule has 0 spiro atoms. The first-order chi connectivity index (χ1) is 9.60. The third kappa shape index (κ3) is 4.06. The van der Waals surface area contributed by atoms with Crippen LogP contribution in [0.3, 0.4) is 0 Å². The first kappa shape index (κ1) is 14.5. The number of rotatable bonds is 6. The van der Waals surface area contributed by atoms with Gasteiger partial charge in [0, 0.05) is 18.7 Å². The van der Waals surface area contributed by atoms with E-state index >= 15 is 0 Å². The highest BCUT2D eigenvalue weighted by Crippen LogP contribution is 2.18. The van der Waals surface area contributed by atoms with Crippen molar-refractivity contribution in [2.45, 2.75) is 25.3 Å². The van der Waals surface area contributed by atoms with E-state index in [1.807, 2.05) is 12.1 Å². The van der Waals surface area contributed by atoms with Crippen LogP contribution in [0.1, 0.15) is 28.8 Å². The minimum absolute atomic E-state index is 0.0944. The van der Waals surface area contributed by atoms with E-state index in [1.54, 1.807) is 19.2 Å². The standard InChI is InChI=1S/C15H21N3O2/c1-18(10-14(19)17-13-6-7-13)15(20)12-4-2-11(3-5-12)8-9-16/h2-5,13H,6-10,16H2,1H3,(H,17,19). The van der Waals surface area contributed by atoms with Gasteiger partial charge in [0.25, 0.3) is 5.91 Å². The Kier molecular flexibility index (Phi) is 4.74. The second-order valence-corrected chi connectivity index (χ2v) is 5.24. The summed E-state index contributed by atoms with van der Waals surface area (Å²) < 4.78 is 0. The average Bonchev–Trinajstić information content (AvgIpc) is 3.23. The predicted molar refractivity (Wildman–Crippen MR) is 77.3 cm³/mol. The third-order valence-electron chi connectivity index (χ3n) is 3.30. The molecule has 1 aliphatic rings. The van der Waals surface area contributed by atoms with Gasteiger partial charge in [-0.25, -0.2) is 0 Å². The summed E-state index contributed by atoms with van der Waals surface area (Å²) in [5.74, 6) is -0.238. The van der Waals surface area contributed by atoms with Crippen LogP contribution in [-0.2, 0) is 11.2 Å². The number of amides is 2. The van der Waals surface area contributed by atoms with Crippen LogP contribution in [0.2, 0.25) is 0 Å². The van der Waals surface area contributed by atoms with Crippen molar-refractivity contribution in [1.82, 2.24) is 10.2 Å². The van der Waals surface area contributed by atoms with E-state index in [2.05, 4.69) is 5.32 Å². The number of benzene rings is 1. The number of nitrogens with two attached hydrogens (primary N) is 1. The number of nitrogens with one attached hydrogen (secondary N) is 1. The van der Waals surface area contributed by atoms with Gasteiger partial charge in [-0.1, -0.05) is 12.1 Å². The second-order valence-electron chi connectivity index (χ2n) is 5.24. The lowest BCUT2D eigenvalue weighted by Gasteiger charge is -2.17. The Morgan fingerprint density at radius 2 is 1.95 bits per heavy atom. The van der Waals surface area contributed by atoms with Gasteiger partial charge in [-0.05, 0) is 43.5 Å². The van der Waals surface area contributed by atoms with Crippen LogP contribution in [-0.4, -0.2) is 42.9 Å². The third-order valence-corrected chi connectivity index (χ3v) is 3.30. The molecular weight excluding hydrogens is 254 g/mol. The molecule has 5 nitrogen and oxygen atoms in total. The molecule has 3 N–H and O–H groups in total. The van der Waals surface area contributed by atoms with Gasteiger partial charge in [-0.3, -0.25) is 9.59 Å². The van der Waals surface area contributed by atoms with E-state index in [-0.39, 0.29) is 18.4 Å². The molecule has 0 aromatic heterocycles. The summed E-state index contributed by atoms with van der Waals surface area (Å²) in [7, 11) is 1.64. The van der Waals surface area contributed by atoms with Crippen molar-refractivity contribution in [3.8, 4) is 0 Å². The molecule has 0 unspecified atom stereocenters. The van der Waals surface area contributed by atoms with Crippen molar-refractivity contribution >= 4 is 11.8 Å². The zero-order valence-electron chi connectivity index (χ0n) is 11.8. The summed E-state index contributed by atoms with van der Waals surface area (Å²) >= 11 is 0. The van der Waals surface area contributed by atoms with Crippen molar-refractivity contribution in [1.29, 1.82) is 0 Å². The van der Waals surface area contributed by atoms with E-state index < -0.39 is 0 Å². The Morgan fingerprint density at radius 3 is 2.50 bits per heavy atom. The van der Waals surface area contributed by atoms with Crippen molar-refractivity contribution < 1.29 is 9.59 Å². The number of nitrogens with zero attached hydrogens (tertiary/aromatic N) is 1. The van der Waals surface area contributed by atoms with Gasteiger partial charge >= 0.3 is 0 Å². The van der Waals surface area contributed by atoms with E-state index in [1.165, 1.54) is 4.90 Å². The Bertz CT molecular complexity index is 480. The van der Waals surface area contributed by atoms with Crippen LogP contribution in [0.5, 0.6) is 0 Å². The van der Waals surface area contributed by atoms with Crippen molar-refractivity contribution in [3.05, 3.63) is 35.4 Å². The maximum atomic E-state index is 12.2. The van der Waals surface area contributed by atoms with E-state index in [4.69, 9.17) is 5.73 Å². The first-order valence-electron chi connectivity index (χ1n) is 6.94. The maximum absolute atomic E-state index is 12.2. The fraction of sp³-hybridized carbons (Fsp3) is 0.467. The van der Waals surface area contributed by atoms with Crippen LogP contribution >= 0.6 is 0 Å². The normalized spacial score (nSPS) is 13.9. The summed E-state index contributed by atoms with van der Waals surface area (Å²) in [5.41, 5.74) is 7.19. The molecule has 5 heteroatoms. The number of carbonyl (C=O) groups excluding carboxylic acids is 2. The van der Waals surface area contributed by atoms with Crippen LogP contribution in [0.25, 0.3) is 0 Å².